The van der Waals surface area contributed by atoms with Gasteiger partial charge in [-0.15, -0.1) is 0 Å². The number of benzene rings is 1. The van der Waals surface area contributed by atoms with Crippen LogP contribution in [0.4, 0.5) is 0 Å². The number of amides is 1. The lowest BCUT2D eigenvalue weighted by atomic mass is 10.0. The first-order valence-corrected chi connectivity index (χ1v) is 6.85. The summed E-state index contributed by atoms with van der Waals surface area (Å²) in [6.07, 6.45) is 0.688. The van der Waals surface area contributed by atoms with Gasteiger partial charge in [0.25, 0.3) is 0 Å². The standard InChI is InChI=1S/C14H19ClN2O3/c1-2-12(9-4-3-5-10(15)8-9)17-14(20)11(16)6-7-13(18)19/h3-5,8,11-12H,2,6-7,16H2,1H3,(H,17,20)(H,18,19). The van der Waals surface area contributed by atoms with E-state index in [1.165, 1.54) is 0 Å². The molecule has 1 amide bonds. The number of rotatable bonds is 7. The zero-order chi connectivity index (χ0) is 15.1. The lowest BCUT2D eigenvalue weighted by Gasteiger charge is -2.20. The van der Waals surface area contributed by atoms with Crippen molar-refractivity contribution in [1.29, 1.82) is 0 Å². The quantitative estimate of drug-likeness (QED) is 0.719. The van der Waals surface area contributed by atoms with Gasteiger partial charge >= 0.3 is 5.97 Å². The van der Waals surface area contributed by atoms with Crippen LogP contribution in [0.1, 0.15) is 37.8 Å². The summed E-state index contributed by atoms with van der Waals surface area (Å²) in [6, 6.07) is 6.24. The third kappa shape index (κ3) is 5.19. The number of carbonyl (C=O) groups excluding carboxylic acids is 1. The van der Waals surface area contributed by atoms with E-state index >= 15 is 0 Å². The Morgan fingerprint density at radius 1 is 1.45 bits per heavy atom. The maximum Gasteiger partial charge on any atom is 0.303 e. The molecule has 0 aliphatic rings. The maximum atomic E-state index is 11.9. The van der Waals surface area contributed by atoms with Crippen LogP contribution in [0.5, 0.6) is 0 Å². The first-order valence-electron chi connectivity index (χ1n) is 6.47. The highest BCUT2D eigenvalue weighted by Crippen LogP contribution is 2.20. The highest BCUT2D eigenvalue weighted by atomic mass is 35.5. The third-order valence-corrected chi connectivity index (χ3v) is 3.22. The molecule has 2 atom stereocenters. The van der Waals surface area contributed by atoms with E-state index in [0.29, 0.717) is 11.4 Å². The van der Waals surface area contributed by atoms with Gasteiger partial charge in [-0.05, 0) is 30.5 Å². The van der Waals surface area contributed by atoms with Crippen molar-refractivity contribution in [1.82, 2.24) is 5.32 Å². The van der Waals surface area contributed by atoms with Crippen LogP contribution in [0.2, 0.25) is 5.02 Å². The van der Waals surface area contributed by atoms with Crippen molar-refractivity contribution in [2.45, 2.75) is 38.3 Å². The van der Waals surface area contributed by atoms with Crippen LogP contribution in [0, 0.1) is 0 Å². The van der Waals surface area contributed by atoms with Crippen molar-refractivity contribution in [3.05, 3.63) is 34.9 Å². The minimum Gasteiger partial charge on any atom is -0.481 e. The molecule has 1 aromatic rings. The van der Waals surface area contributed by atoms with E-state index in [9.17, 15) is 9.59 Å². The van der Waals surface area contributed by atoms with Crippen molar-refractivity contribution < 1.29 is 14.7 Å². The minimum absolute atomic E-state index is 0.118. The first-order chi connectivity index (χ1) is 9.43. The maximum absolute atomic E-state index is 11.9. The number of nitrogens with two attached hydrogens (primary N) is 1. The van der Waals surface area contributed by atoms with E-state index < -0.39 is 12.0 Å². The SMILES string of the molecule is CCC(NC(=O)C(N)CCC(=O)O)c1cccc(Cl)c1. The van der Waals surface area contributed by atoms with Gasteiger partial charge in [0.15, 0.2) is 0 Å². The highest BCUT2D eigenvalue weighted by Gasteiger charge is 2.19. The molecule has 0 spiro atoms. The van der Waals surface area contributed by atoms with Gasteiger partial charge in [0.05, 0.1) is 12.1 Å². The zero-order valence-corrected chi connectivity index (χ0v) is 12.1. The van der Waals surface area contributed by atoms with Crippen molar-refractivity contribution in [3.8, 4) is 0 Å². The van der Waals surface area contributed by atoms with E-state index in [2.05, 4.69) is 5.32 Å². The molecule has 0 fully saturated rings. The molecule has 0 radical (unpaired) electrons. The average molecular weight is 299 g/mol. The number of carboxylic acid groups (broad SMARTS) is 1. The number of carboxylic acids is 1. The molecule has 1 rings (SSSR count). The van der Waals surface area contributed by atoms with Gasteiger partial charge in [-0.1, -0.05) is 30.7 Å². The molecule has 0 aliphatic carbocycles. The Morgan fingerprint density at radius 2 is 2.15 bits per heavy atom. The number of halogens is 1. The fourth-order valence-corrected chi connectivity index (χ4v) is 2.03. The van der Waals surface area contributed by atoms with Gasteiger partial charge in [-0.3, -0.25) is 9.59 Å². The predicted molar refractivity (Wildman–Crippen MR) is 77.5 cm³/mol. The second-order valence-electron chi connectivity index (χ2n) is 4.56. The summed E-state index contributed by atoms with van der Waals surface area (Å²) in [7, 11) is 0. The molecule has 0 saturated heterocycles. The van der Waals surface area contributed by atoms with Crippen LogP contribution in [-0.4, -0.2) is 23.0 Å². The monoisotopic (exact) mass is 298 g/mol. The second-order valence-corrected chi connectivity index (χ2v) is 5.00. The van der Waals surface area contributed by atoms with Crippen LogP contribution in [-0.2, 0) is 9.59 Å². The number of nitrogens with one attached hydrogen (secondary N) is 1. The third-order valence-electron chi connectivity index (χ3n) is 2.98. The molecule has 5 nitrogen and oxygen atoms in total. The molecule has 4 N–H and O–H groups in total. The Balaban J connectivity index is 2.64. The largest absolute Gasteiger partial charge is 0.481 e. The van der Waals surface area contributed by atoms with Gasteiger partial charge in [0.2, 0.25) is 5.91 Å². The topological polar surface area (TPSA) is 92.4 Å². The van der Waals surface area contributed by atoms with E-state index in [1.54, 1.807) is 12.1 Å². The number of hydrogen-bond donors (Lipinski definition) is 3. The summed E-state index contributed by atoms with van der Waals surface area (Å²) in [5, 5.41) is 12.0. The summed E-state index contributed by atoms with van der Waals surface area (Å²) in [5.41, 5.74) is 6.58. The van der Waals surface area contributed by atoms with Crippen molar-refractivity contribution >= 4 is 23.5 Å². The normalized spacial score (nSPS) is 13.6. The summed E-state index contributed by atoms with van der Waals surface area (Å²) in [4.78, 5) is 22.4. The van der Waals surface area contributed by atoms with Crippen molar-refractivity contribution in [2.75, 3.05) is 0 Å². The molecular formula is C14H19ClN2O3. The van der Waals surface area contributed by atoms with Crippen molar-refractivity contribution in [3.63, 3.8) is 0 Å². The molecule has 0 aliphatic heterocycles. The zero-order valence-electron chi connectivity index (χ0n) is 11.3. The van der Waals surface area contributed by atoms with Gasteiger partial charge < -0.3 is 16.2 Å². The molecule has 0 saturated carbocycles. The Hall–Kier alpha value is -1.59. The Morgan fingerprint density at radius 3 is 2.70 bits per heavy atom. The summed E-state index contributed by atoms with van der Waals surface area (Å²) in [6.45, 7) is 1.94. The number of hydrogen-bond acceptors (Lipinski definition) is 3. The molecule has 2 unspecified atom stereocenters. The van der Waals surface area contributed by atoms with E-state index in [4.69, 9.17) is 22.4 Å². The van der Waals surface area contributed by atoms with E-state index in [-0.39, 0.29) is 24.8 Å². The fourth-order valence-electron chi connectivity index (χ4n) is 1.83. The van der Waals surface area contributed by atoms with Crippen LogP contribution >= 0.6 is 11.6 Å². The van der Waals surface area contributed by atoms with Gasteiger partial charge in [0.1, 0.15) is 0 Å². The molecule has 0 aromatic heterocycles. The number of aliphatic carboxylic acids is 1. The molecule has 0 bridgehead atoms. The smallest absolute Gasteiger partial charge is 0.303 e. The lowest BCUT2D eigenvalue weighted by molar-refractivity contribution is -0.137. The Bertz CT molecular complexity index is 479. The molecular weight excluding hydrogens is 280 g/mol. The molecule has 0 heterocycles. The summed E-state index contributed by atoms with van der Waals surface area (Å²) < 4.78 is 0. The van der Waals surface area contributed by atoms with Crippen LogP contribution in [0.3, 0.4) is 0 Å². The summed E-state index contributed by atoms with van der Waals surface area (Å²) >= 11 is 5.93. The lowest BCUT2D eigenvalue weighted by Crippen LogP contribution is -2.42. The molecule has 20 heavy (non-hydrogen) atoms. The fraction of sp³-hybridized carbons (Fsp3) is 0.429. The van der Waals surface area contributed by atoms with E-state index in [1.807, 2.05) is 19.1 Å². The minimum atomic E-state index is -0.963. The molecule has 1 aromatic carbocycles. The molecule has 6 heteroatoms. The Kier molecular flexibility index (Phi) is 6.48. The highest BCUT2D eigenvalue weighted by molar-refractivity contribution is 6.30. The second kappa shape index (κ2) is 7.87. The molecule has 110 valence electrons. The van der Waals surface area contributed by atoms with Crippen LogP contribution in [0.15, 0.2) is 24.3 Å². The predicted octanol–water partition coefficient (Wildman–Crippen LogP) is 2.10. The van der Waals surface area contributed by atoms with Crippen LogP contribution in [0.25, 0.3) is 0 Å². The van der Waals surface area contributed by atoms with Gasteiger partial charge in [-0.25, -0.2) is 0 Å². The van der Waals surface area contributed by atoms with Crippen molar-refractivity contribution in [2.24, 2.45) is 5.73 Å². The average Bonchev–Trinajstić information content (AvgIpc) is 2.41. The first kappa shape index (κ1) is 16.5. The van der Waals surface area contributed by atoms with E-state index in [0.717, 1.165) is 5.56 Å². The number of carbonyl (C=O) groups is 2. The van der Waals surface area contributed by atoms with Crippen LogP contribution < -0.4 is 11.1 Å². The van der Waals surface area contributed by atoms with Gasteiger partial charge in [-0.2, -0.15) is 0 Å². The van der Waals surface area contributed by atoms with Gasteiger partial charge in [0, 0.05) is 11.4 Å². The Labute approximate surface area is 123 Å². The summed E-state index contributed by atoms with van der Waals surface area (Å²) in [5.74, 6) is -1.31.